The molecule has 0 fully saturated rings. The van der Waals surface area contributed by atoms with Crippen LogP contribution in [0.4, 0.5) is 10.1 Å². The number of amides is 1. The molecule has 3 heterocycles. The summed E-state index contributed by atoms with van der Waals surface area (Å²) in [6.45, 7) is 3.87. The van der Waals surface area contributed by atoms with Crippen molar-refractivity contribution in [3.05, 3.63) is 76.1 Å². The smallest absolute Gasteiger partial charge is 0.348 e. The molecule has 156 valence electrons. The van der Waals surface area contributed by atoms with E-state index >= 15 is 0 Å². The average molecular weight is 435 g/mol. The van der Waals surface area contributed by atoms with Crippen LogP contribution < -0.4 is 5.32 Å². The normalized spacial score (nSPS) is 19.1. The van der Waals surface area contributed by atoms with E-state index in [1.54, 1.807) is 6.07 Å². The zero-order chi connectivity index (χ0) is 21.9. The van der Waals surface area contributed by atoms with Crippen LogP contribution in [0.3, 0.4) is 0 Å². The molecule has 0 bridgehead atoms. The van der Waals surface area contributed by atoms with E-state index in [0.717, 1.165) is 21.2 Å². The number of carbonyl (C=O) groups is 2. The van der Waals surface area contributed by atoms with Crippen molar-refractivity contribution in [2.75, 3.05) is 12.4 Å². The molecule has 0 spiro atoms. The van der Waals surface area contributed by atoms with Gasteiger partial charge in [-0.05, 0) is 67.3 Å². The van der Waals surface area contributed by atoms with Crippen molar-refractivity contribution in [3.63, 3.8) is 0 Å². The second-order valence-electron chi connectivity index (χ2n) is 7.91. The van der Waals surface area contributed by atoms with Crippen molar-refractivity contribution in [3.8, 4) is 0 Å². The van der Waals surface area contributed by atoms with E-state index < -0.39 is 11.4 Å². The van der Waals surface area contributed by atoms with Crippen molar-refractivity contribution >= 4 is 50.1 Å². The minimum atomic E-state index is -0.680. The van der Waals surface area contributed by atoms with Gasteiger partial charge < -0.3 is 14.8 Å². The molecule has 0 saturated carbocycles. The minimum Gasteiger partial charge on any atom is -0.482 e. The number of fused-ring (bicyclic) bond motifs is 2. The van der Waals surface area contributed by atoms with Gasteiger partial charge in [0.15, 0.2) is 0 Å². The largest absolute Gasteiger partial charge is 0.482 e. The number of anilines is 1. The predicted molar refractivity (Wildman–Crippen MR) is 118 cm³/mol. The lowest BCUT2D eigenvalue weighted by Crippen LogP contribution is -2.21. The third-order valence-corrected chi connectivity index (χ3v) is 6.57. The number of thiophene rings is 1. The Labute approximate surface area is 181 Å². The van der Waals surface area contributed by atoms with Crippen molar-refractivity contribution in [1.29, 1.82) is 0 Å². The first kappa shape index (κ1) is 19.5. The number of methoxy groups -OCH3 is 1. The summed E-state index contributed by atoms with van der Waals surface area (Å²) in [6.07, 6.45) is 1.86. The van der Waals surface area contributed by atoms with E-state index in [1.165, 1.54) is 30.6 Å². The zero-order valence-electron chi connectivity index (χ0n) is 17.0. The molecule has 31 heavy (non-hydrogen) atoms. The quantitative estimate of drug-likeness (QED) is 0.433. The van der Waals surface area contributed by atoms with Crippen LogP contribution in [-0.2, 0) is 14.3 Å². The van der Waals surface area contributed by atoms with Gasteiger partial charge in [0.1, 0.15) is 22.1 Å². The lowest BCUT2D eigenvalue weighted by atomic mass is 9.91. The van der Waals surface area contributed by atoms with Crippen LogP contribution in [-0.4, -0.2) is 24.6 Å². The van der Waals surface area contributed by atoms with Gasteiger partial charge in [-0.3, -0.25) is 4.79 Å². The van der Waals surface area contributed by atoms with E-state index in [-0.39, 0.29) is 11.9 Å². The number of allylic oxidation sites excluding steroid dienone is 1. The van der Waals surface area contributed by atoms with Gasteiger partial charge >= 0.3 is 5.97 Å². The highest BCUT2D eigenvalue weighted by atomic mass is 32.1. The molecular formula is C24H18FNO4S. The molecule has 2 aliphatic rings. The fourth-order valence-corrected chi connectivity index (χ4v) is 4.98. The maximum atomic E-state index is 13.6. The van der Waals surface area contributed by atoms with Gasteiger partial charge in [0.05, 0.1) is 18.4 Å². The SMILES string of the molecule is COC(=O)c1cc2cc(C3=C/C(=C4\C(=O)Nc5cc(F)ccc54)OC3(C)C)ccc2s1. The van der Waals surface area contributed by atoms with Crippen molar-refractivity contribution in [2.24, 2.45) is 0 Å². The number of hydrogen-bond donors (Lipinski definition) is 1. The number of halogens is 1. The van der Waals surface area contributed by atoms with Crippen LogP contribution in [0.15, 0.2) is 54.3 Å². The van der Waals surface area contributed by atoms with Gasteiger partial charge in [-0.15, -0.1) is 11.3 Å². The molecule has 2 aromatic carbocycles. The first-order chi connectivity index (χ1) is 14.8. The number of esters is 1. The molecule has 1 N–H and O–H groups in total. The fraction of sp³-hybridized carbons (Fsp3) is 0.167. The molecule has 1 amide bonds. The van der Waals surface area contributed by atoms with Crippen LogP contribution in [0.2, 0.25) is 0 Å². The van der Waals surface area contributed by atoms with Crippen LogP contribution in [0.1, 0.15) is 34.6 Å². The number of nitrogens with one attached hydrogen (secondary N) is 1. The molecule has 0 radical (unpaired) electrons. The Hall–Kier alpha value is -3.45. The predicted octanol–water partition coefficient (Wildman–Crippen LogP) is 5.38. The molecule has 0 unspecified atom stereocenters. The molecule has 0 aliphatic carbocycles. The lowest BCUT2D eigenvalue weighted by Gasteiger charge is -2.23. The van der Waals surface area contributed by atoms with Crippen LogP contribution in [0.5, 0.6) is 0 Å². The van der Waals surface area contributed by atoms with Crippen molar-refractivity contribution in [1.82, 2.24) is 0 Å². The standard InChI is InChI=1S/C24H18FNO4S/c1-24(2)16(12-4-7-19-13(8-12)9-20(31-19)23(28)29-3)11-18(30-24)21-15-6-5-14(25)10-17(15)26-22(21)27/h4-11H,1-3H3,(H,26,27)/b21-18+. The van der Waals surface area contributed by atoms with Crippen LogP contribution in [0.25, 0.3) is 21.2 Å². The Balaban J connectivity index is 1.62. The first-order valence-electron chi connectivity index (χ1n) is 9.66. The Bertz CT molecular complexity index is 1350. The summed E-state index contributed by atoms with van der Waals surface area (Å²) in [5.74, 6) is -0.645. The third kappa shape index (κ3) is 3.13. The van der Waals surface area contributed by atoms with Gasteiger partial charge in [-0.1, -0.05) is 6.07 Å². The van der Waals surface area contributed by atoms with Crippen molar-refractivity contribution < 1.29 is 23.5 Å². The topological polar surface area (TPSA) is 64.6 Å². The minimum absolute atomic E-state index is 0.320. The average Bonchev–Trinajstić information content (AvgIpc) is 3.38. The molecule has 3 aromatic rings. The maximum Gasteiger partial charge on any atom is 0.348 e. The molecule has 0 saturated heterocycles. The summed E-state index contributed by atoms with van der Waals surface area (Å²) < 4.78 is 25.6. The number of ether oxygens (including phenoxy) is 2. The molecule has 7 heteroatoms. The highest BCUT2D eigenvalue weighted by Crippen LogP contribution is 2.45. The molecule has 5 nitrogen and oxygen atoms in total. The molecule has 2 aliphatic heterocycles. The van der Waals surface area contributed by atoms with E-state index in [4.69, 9.17) is 9.47 Å². The Kier molecular flexibility index (Phi) is 4.27. The molecule has 1 aromatic heterocycles. The van der Waals surface area contributed by atoms with Gasteiger partial charge in [0, 0.05) is 15.8 Å². The molecular weight excluding hydrogens is 417 g/mol. The Morgan fingerprint density at radius 1 is 1.16 bits per heavy atom. The number of carbonyl (C=O) groups excluding carboxylic acids is 2. The number of rotatable bonds is 2. The van der Waals surface area contributed by atoms with Crippen LogP contribution in [0, 0.1) is 5.82 Å². The Morgan fingerprint density at radius 2 is 1.97 bits per heavy atom. The maximum absolute atomic E-state index is 13.6. The van der Waals surface area contributed by atoms with E-state index in [9.17, 15) is 14.0 Å². The monoisotopic (exact) mass is 435 g/mol. The number of benzene rings is 2. The summed E-state index contributed by atoms with van der Waals surface area (Å²) in [5, 5.41) is 3.63. The third-order valence-electron chi connectivity index (χ3n) is 5.48. The van der Waals surface area contributed by atoms with E-state index in [0.29, 0.717) is 27.5 Å². The molecule has 0 atom stereocenters. The highest BCUT2D eigenvalue weighted by molar-refractivity contribution is 7.20. The van der Waals surface area contributed by atoms with Crippen LogP contribution >= 0.6 is 11.3 Å². The van der Waals surface area contributed by atoms with E-state index in [2.05, 4.69) is 5.32 Å². The summed E-state index contributed by atoms with van der Waals surface area (Å²) in [4.78, 5) is 25.0. The second-order valence-corrected chi connectivity index (χ2v) is 8.99. The van der Waals surface area contributed by atoms with Crippen molar-refractivity contribution in [2.45, 2.75) is 19.4 Å². The summed E-state index contributed by atoms with van der Waals surface area (Å²) in [6, 6.07) is 12.0. The zero-order valence-corrected chi connectivity index (χ0v) is 17.9. The number of hydrogen-bond acceptors (Lipinski definition) is 5. The highest BCUT2D eigenvalue weighted by Gasteiger charge is 2.38. The Morgan fingerprint density at radius 3 is 2.74 bits per heavy atom. The lowest BCUT2D eigenvalue weighted by molar-refractivity contribution is -0.111. The summed E-state index contributed by atoms with van der Waals surface area (Å²) in [5.41, 5.74) is 2.60. The van der Waals surface area contributed by atoms with Gasteiger partial charge in [0.25, 0.3) is 5.91 Å². The fourth-order valence-electron chi connectivity index (χ4n) is 4.02. The summed E-state index contributed by atoms with van der Waals surface area (Å²) in [7, 11) is 1.36. The second kappa shape index (κ2) is 6.78. The summed E-state index contributed by atoms with van der Waals surface area (Å²) >= 11 is 1.38. The van der Waals surface area contributed by atoms with E-state index in [1.807, 2.05) is 44.2 Å². The van der Waals surface area contributed by atoms with Gasteiger partial charge in [0.2, 0.25) is 0 Å². The van der Waals surface area contributed by atoms with Gasteiger partial charge in [-0.2, -0.15) is 0 Å². The van der Waals surface area contributed by atoms with Gasteiger partial charge in [-0.25, -0.2) is 9.18 Å². The molecule has 5 rings (SSSR count). The first-order valence-corrected chi connectivity index (χ1v) is 10.5.